The summed E-state index contributed by atoms with van der Waals surface area (Å²) in [5.41, 5.74) is 1.05. The van der Waals surface area contributed by atoms with Crippen molar-refractivity contribution >= 4 is 0 Å². The number of aliphatic hydroxyl groups is 1. The maximum Gasteiger partial charge on any atom is 0.0947 e. The Morgan fingerprint density at radius 3 is 2.35 bits per heavy atom. The Morgan fingerprint density at radius 2 is 1.85 bits per heavy atom. The summed E-state index contributed by atoms with van der Waals surface area (Å²) in [5, 5.41) is 10.9. The highest BCUT2D eigenvalue weighted by Gasteiger charge is 2.38. The van der Waals surface area contributed by atoms with Crippen molar-refractivity contribution in [3.05, 3.63) is 35.9 Å². The van der Waals surface area contributed by atoms with E-state index >= 15 is 0 Å². The molecule has 0 radical (unpaired) electrons. The minimum absolute atomic E-state index is 0.233. The van der Waals surface area contributed by atoms with E-state index in [9.17, 15) is 5.11 Å². The molecule has 1 fully saturated rings. The lowest BCUT2D eigenvalue weighted by Gasteiger charge is -2.38. The number of rotatable bonds is 8. The molecular formula is C18H29NO. The van der Waals surface area contributed by atoms with Crippen LogP contribution >= 0.6 is 0 Å². The summed E-state index contributed by atoms with van der Waals surface area (Å²) < 4.78 is 0. The van der Waals surface area contributed by atoms with Crippen LogP contribution in [0.4, 0.5) is 0 Å². The van der Waals surface area contributed by atoms with E-state index in [1.165, 1.54) is 25.7 Å². The smallest absolute Gasteiger partial charge is 0.0947 e. The molecule has 0 amide bonds. The minimum atomic E-state index is -0.381. The Labute approximate surface area is 123 Å². The maximum atomic E-state index is 10.9. The van der Waals surface area contributed by atoms with E-state index < -0.39 is 0 Å². The quantitative estimate of drug-likeness (QED) is 0.775. The largest absolute Gasteiger partial charge is 0.387 e. The Kier molecular flexibility index (Phi) is 5.62. The van der Waals surface area contributed by atoms with Gasteiger partial charge in [-0.05, 0) is 37.3 Å². The molecule has 0 spiro atoms. The van der Waals surface area contributed by atoms with E-state index in [4.69, 9.17) is 0 Å². The first-order valence-corrected chi connectivity index (χ1v) is 8.14. The molecule has 2 heteroatoms. The van der Waals surface area contributed by atoms with Gasteiger partial charge in [0.15, 0.2) is 0 Å². The second-order valence-corrected chi connectivity index (χ2v) is 6.41. The molecule has 112 valence electrons. The fourth-order valence-electron chi connectivity index (χ4n) is 3.10. The zero-order valence-corrected chi connectivity index (χ0v) is 13.1. The second-order valence-electron chi connectivity index (χ2n) is 6.41. The summed E-state index contributed by atoms with van der Waals surface area (Å²) in [7, 11) is 0. The van der Waals surface area contributed by atoms with Crippen molar-refractivity contribution in [2.24, 2.45) is 5.92 Å². The van der Waals surface area contributed by atoms with Gasteiger partial charge in [-0.3, -0.25) is 4.90 Å². The van der Waals surface area contributed by atoms with E-state index in [-0.39, 0.29) is 12.1 Å². The fourth-order valence-corrected chi connectivity index (χ4v) is 3.10. The van der Waals surface area contributed by atoms with Crippen molar-refractivity contribution < 1.29 is 5.11 Å². The average molecular weight is 275 g/mol. The molecule has 2 atom stereocenters. The van der Waals surface area contributed by atoms with Gasteiger partial charge in [0.2, 0.25) is 0 Å². The van der Waals surface area contributed by atoms with Crippen LogP contribution in [0.15, 0.2) is 30.3 Å². The minimum Gasteiger partial charge on any atom is -0.387 e. The van der Waals surface area contributed by atoms with Gasteiger partial charge in [-0.2, -0.15) is 0 Å². The first kappa shape index (κ1) is 15.5. The summed E-state index contributed by atoms with van der Waals surface area (Å²) in [6, 6.07) is 11.1. The lowest BCUT2D eigenvalue weighted by Crippen LogP contribution is -2.45. The maximum absolute atomic E-state index is 10.9. The van der Waals surface area contributed by atoms with Gasteiger partial charge in [-0.1, -0.05) is 57.5 Å². The SMILES string of the molecule is CCCCN(C1CC1)C(C(C)C)C(O)c1ccccc1. The van der Waals surface area contributed by atoms with Crippen molar-refractivity contribution in [3.8, 4) is 0 Å². The van der Waals surface area contributed by atoms with Gasteiger partial charge in [0, 0.05) is 12.1 Å². The van der Waals surface area contributed by atoms with Gasteiger partial charge in [-0.25, -0.2) is 0 Å². The van der Waals surface area contributed by atoms with Crippen LogP contribution in [0.2, 0.25) is 0 Å². The molecule has 0 saturated heterocycles. The van der Waals surface area contributed by atoms with Crippen molar-refractivity contribution in [1.29, 1.82) is 0 Å². The third-order valence-corrected chi connectivity index (χ3v) is 4.32. The number of aliphatic hydroxyl groups excluding tert-OH is 1. The molecular weight excluding hydrogens is 246 g/mol. The molecule has 1 aromatic rings. The van der Waals surface area contributed by atoms with Crippen LogP contribution in [0.5, 0.6) is 0 Å². The van der Waals surface area contributed by atoms with Gasteiger partial charge in [-0.15, -0.1) is 0 Å². The first-order chi connectivity index (χ1) is 9.65. The molecule has 1 aromatic carbocycles. The Balaban J connectivity index is 2.15. The third kappa shape index (κ3) is 3.83. The normalized spacial score (nSPS) is 18.5. The molecule has 0 aromatic heterocycles. The number of nitrogens with zero attached hydrogens (tertiary/aromatic N) is 1. The lowest BCUT2D eigenvalue weighted by molar-refractivity contribution is 0.0166. The Hall–Kier alpha value is -0.860. The van der Waals surface area contributed by atoms with Crippen LogP contribution in [-0.4, -0.2) is 28.6 Å². The van der Waals surface area contributed by atoms with Gasteiger partial charge < -0.3 is 5.11 Å². The zero-order chi connectivity index (χ0) is 14.5. The number of hydrogen-bond acceptors (Lipinski definition) is 2. The molecule has 2 unspecified atom stereocenters. The van der Waals surface area contributed by atoms with Gasteiger partial charge >= 0.3 is 0 Å². The van der Waals surface area contributed by atoms with Crippen molar-refractivity contribution in [2.75, 3.05) is 6.54 Å². The fraction of sp³-hybridized carbons (Fsp3) is 0.667. The van der Waals surface area contributed by atoms with Gasteiger partial charge in [0.05, 0.1) is 6.10 Å². The van der Waals surface area contributed by atoms with E-state index in [2.05, 4.69) is 25.7 Å². The highest BCUT2D eigenvalue weighted by atomic mass is 16.3. The molecule has 2 nitrogen and oxygen atoms in total. The number of benzene rings is 1. The van der Waals surface area contributed by atoms with Crippen LogP contribution in [0.3, 0.4) is 0 Å². The molecule has 0 aliphatic heterocycles. The highest BCUT2D eigenvalue weighted by Crippen LogP contribution is 2.35. The Morgan fingerprint density at radius 1 is 1.20 bits per heavy atom. The first-order valence-electron chi connectivity index (χ1n) is 8.14. The second kappa shape index (κ2) is 7.24. The highest BCUT2D eigenvalue weighted by molar-refractivity contribution is 5.19. The van der Waals surface area contributed by atoms with Crippen LogP contribution in [-0.2, 0) is 0 Å². The van der Waals surface area contributed by atoms with Gasteiger partial charge in [0.25, 0.3) is 0 Å². The number of hydrogen-bond donors (Lipinski definition) is 1. The van der Waals surface area contributed by atoms with Gasteiger partial charge in [0.1, 0.15) is 0 Å². The molecule has 0 bridgehead atoms. The average Bonchev–Trinajstić information content (AvgIpc) is 3.28. The summed E-state index contributed by atoms with van der Waals surface area (Å²) in [6.45, 7) is 7.83. The topological polar surface area (TPSA) is 23.5 Å². The summed E-state index contributed by atoms with van der Waals surface area (Å²) in [5.74, 6) is 0.461. The van der Waals surface area contributed by atoms with Crippen LogP contribution in [0, 0.1) is 5.92 Å². The predicted octanol–water partition coefficient (Wildman–Crippen LogP) is 4.01. The summed E-state index contributed by atoms with van der Waals surface area (Å²) >= 11 is 0. The third-order valence-electron chi connectivity index (χ3n) is 4.32. The monoisotopic (exact) mass is 275 g/mol. The standard InChI is InChI=1S/C18H29NO/c1-4-5-13-19(16-11-12-16)17(14(2)3)18(20)15-9-7-6-8-10-15/h6-10,14,16-18,20H,4-5,11-13H2,1-3H3. The summed E-state index contributed by atoms with van der Waals surface area (Å²) in [6.07, 6.45) is 4.66. The predicted molar refractivity (Wildman–Crippen MR) is 84.7 cm³/mol. The molecule has 0 heterocycles. The van der Waals surface area contributed by atoms with E-state index in [1.54, 1.807) is 0 Å². The summed E-state index contributed by atoms with van der Waals surface area (Å²) in [4.78, 5) is 2.58. The van der Waals surface area contributed by atoms with Crippen molar-refractivity contribution in [2.45, 2.75) is 64.6 Å². The number of unbranched alkanes of at least 4 members (excludes halogenated alkanes) is 1. The van der Waals surface area contributed by atoms with Crippen LogP contribution in [0.25, 0.3) is 0 Å². The lowest BCUT2D eigenvalue weighted by atomic mass is 9.91. The molecule has 1 aliphatic rings. The molecule has 20 heavy (non-hydrogen) atoms. The molecule has 1 aliphatic carbocycles. The zero-order valence-electron chi connectivity index (χ0n) is 13.1. The van der Waals surface area contributed by atoms with Crippen molar-refractivity contribution in [3.63, 3.8) is 0 Å². The van der Waals surface area contributed by atoms with Crippen LogP contribution in [0.1, 0.15) is 58.1 Å². The van der Waals surface area contributed by atoms with Crippen LogP contribution < -0.4 is 0 Å². The van der Waals surface area contributed by atoms with E-state index in [0.717, 1.165) is 12.1 Å². The molecule has 2 rings (SSSR count). The molecule has 1 N–H and O–H groups in total. The molecule has 1 saturated carbocycles. The van der Waals surface area contributed by atoms with Crippen molar-refractivity contribution in [1.82, 2.24) is 4.90 Å². The van der Waals surface area contributed by atoms with E-state index in [0.29, 0.717) is 12.0 Å². The van der Waals surface area contributed by atoms with E-state index in [1.807, 2.05) is 30.3 Å². The Bertz CT molecular complexity index is 386.